The highest BCUT2D eigenvalue weighted by atomic mass is 16.3. The smallest absolute Gasteiger partial charge is 0.180 e. The summed E-state index contributed by atoms with van der Waals surface area (Å²) >= 11 is 0. The van der Waals surface area contributed by atoms with Crippen LogP contribution in [0.1, 0.15) is 77.9 Å². The van der Waals surface area contributed by atoms with Gasteiger partial charge in [0.15, 0.2) is 11.6 Å². The van der Waals surface area contributed by atoms with Gasteiger partial charge in [-0.1, -0.05) is 38.1 Å². The molecule has 2 rings (SSSR count). The molecule has 10 nitrogen and oxygen atoms in total. The molecule has 146 valence electrons. The number of hydrogen-bond donors (Lipinski definition) is 4. The zero-order chi connectivity index (χ0) is 19.2. The van der Waals surface area contributed by atoms with Gasteiger partial charge < -0.3 is 10.2 Å². The summed E-state index contributed by atoms with van der Waals surface area (Å²) in [5.41, 5.74) is -0.498. The Bertz CT molecular complexity index is 570. The van der Waals surface area contributed by atoms with Crippen molar-refractivity contribution in [2.24, 2.45) is 0 Å². The highest BCUT2D eigenvalue weighted by molar-refractivity contribution is 5.00. The molecular formula is C16H30N8O2. The van der Waals surface area contributed by atoms with Crippen molar-refractivity contribution in [2.45, 2.75) is 89.3 Å². The van der Waals surface area contributed by atoms with Crippen molar-refractivity contribution in [2.75, 3.05) is 0 Å². The lowest BCUT2D eigenvalue weighted by Crippen LogP contribution is -2.24. The molecule has 0 aliphatic heterocycles. The van der Waals surface area contributed by atoms with Crippen molar-refractivity contribution in [1.82, 2.24) is 41.2 Å². The highest BCUT2D eigenvalue weighted by Crippen LogP contribution is 2.28. The van der Waals surface area contributed by atoms with Crippen LogP contribution in [-0.4, -0.2) is 63.7 Å². The second-order valence-electron chi connectivity index (χ2n) is 8.20. The van der Waals surface area contributed by atoms with Crippen molar-refractivity contribution in [3.63, 3.8) is 0 Å². The van der Waals surface area contributed by atoms with E-state index in [0.717, 1.165) is 12.8 Å². The van der Waals surface area contributed by atoms with Gasteiger partial charge in [-0.3, -0.25) is 0 Å². The fraction of sp³-hybridized carbons (Fsp3) is 0.875. The first-order valence-corrected chi connectivity index (χ1v) is 9.05. The Morgan fingerprint density at radius 3 is 1.42 bits per heavy atom. The number of aliphatic hydroxyl groups is 2. The van der Waals surface area contributed by atoms with E-state index in [4.69, 9.17) is 0 Å². The molecule has 0 fully saturated rings. The van der Waals surface area contributed by atoms with Crippen LogP contribution in [0.3, 0.4) is 0 Å². The van der Waals surface area contributed by atoms with E-state index in [1.807, 2.05) is 27.7 Å². The third-order valence-corrected chi connectivity index (χ3v) is 4.94. The Balaban J connectivity index is 1.67. The number of nitrogens with zero attached hydrogens (tertiary/aromatic N) is 6. The van der Waals surface area contributed by atoms with Crippen LogP contribution in [-0.2, 0) is 10.8 Å². The number of aromatic nitrogens is 8. The van der Waals surface area contributed by atoms with Crippen molar-refractivity contribution in [1.29, 1.82) is 0 Å². The first-order valence-electron chi connectivity index (χ1n) is 9.05. The van der Waals surface area contributed by atoms with Crippen LogP contribution < -0.4 is 0 Å². The monoisotopic (exact) mass is 366 g/mol. The van der Waals surface area contributed by atoms with E-state index in [-0.39, 0.29) is 10.8 Å². The highest BCUT2D eigenvalue weighted by Gasteiger charge is 2.27. The van der Waals surface area contributed by atoms with Gasteiger partial charge in [0.05, 0.1) is 12.2 Å². The Kier molecular flexibility index (Phi) is 6.76. The molecule has 0 aliphatic carbocycles. The average Bonchev–Trinajstić information content (AvgIpc) is 3.30. The predicted octanol–water partition coefficient (Wildman–Crippen LogP) is 1.03. The minimum absolute atomic E-state index is 0.249. The molecule has 2 heterocycles. The fourth-order valence-electron chi connectivity index (χ4n) is 2.85. The molecule has 0 aromatic carbocycles. The summed E-state index contributed by atoms with van der Waals surface area (Å²) in [7, 11) is 0. The molecule has 0 amide bonds. The molecule has 2 aromatic heterocycles. The second kappa shape index (κ2) is 8.63. The normalized spacial score (nSPS) is 15.2. The van der Waals surface area contributed by atoms with Crippen molar-refractivity contribution < 1.29 is 10.2 Å². The maximum Gasteiger partial charge on any atom is 0.180 e. The molecule has 2 unspecified atom stereocenters. The molecule has 0 saturated heterocycles. The van der Waals surface area contributed by atoms with Gasteiger partial charge in [0.25, 0.3) is 0 Å². The van der Waals surface area contributed by atoms with Crippen LogP contribution in [0.4, 0.5) is 0 Å². The van der Waals surface area contributed by atoms with E-state index in [0.29, 0.717) is 37.3 Å². The van der Waals surface area contributed by atoms with Crippen LogP contribution in [0.25, 0.3) is 0 Å². The van der Waals surface area contributed by atoms with Gasteiger partial charge in [0, 0.05) is 10.8 Å². The Morgan fingerprint density at radius 1 is 0.731 bits per heavy atom. The molecule has 10 heteroatoms. The molecular weight excluding hydrogens is 336 g/mol. The van der Waals surface area contributed by atoms with Gasteiger partial charge in [-0.05, 0) is 38.5 Å². The van der Waals surface area contributed by atoms with Crippen molar-refractivity contribution in [3.05, 3.63) is 11.6 Å². The molecule has 26 heavy (non-hydrogen) atoms. The summed E-state index contributed by atoms with van der Waals surface area (Å²) in [6.07, 6.45) is 2.95. The van der Waals surface area contributed by atoms with Crippen LogP contribution in [0.2, 0.25) is 0 Å². The Morgan fingerprint density at radius 2 is 1.12 bits per heavy atom. The molecule has 0 radical (unpaired) electrons. The number of aliphatic hydroxyl groups excluding tert-OH is 2. The topological polar surface area (TPSA) is 149 Å². The van der Waals surface area contributed by atoms with Crippen molar-refractivity contribution in [3.8, 4) is 0 Å². The lowest BCUT2D eigenvalue weighted by Gasteiger charge is -2.23. The molecule has 2 atom stereocenters. The first kappa shape index (κ1) is 20.4. The summed E-state index contributed by atoms with van der Waals surface area (Å²) < 4.78 is 0. The van der Waals surface area contributed by atoms with E-state index >= 15 is 0 Å². The third-order valence-electron chi connectivity index (χ3n) is 4.94. The van der Waals surface area contributed by atoms with Crippen molar-refractivity contribution >= 4 is 0 Å². The number of H-pyrrole nitrogens is 2. The lowest BCUT2D eigenvalue weighted by atomic mass is 9.84. The van der Waals surface area contributed by atoms with Gasteiger partial charge in [-0.15, -0.1) is 20.4 Å². The molecule has 4 N–H and O–H groups in total. The van der Waals surface area contributed by atoms with E-state index in [2.05, 4.69) is 41.2 Å². The standard InChI is InChI=1S/C16H30N8O2/c1-15(2,13-17-21-22-18-13)9-7-11(25)5-6-12(26)8-10-16(3,4)14-19-23-24-20-14/h11-12,25-26H,5-10H2,1-4H3,(H,17,18,21,22)(H,19,20,23,24). The summed E-state index contributed by atoms with van der Waals surface area (Å²) in [5.74, 6) is 1.29. The van der Waals surface area contributed by atoms with E-state index in [1.54, 1.807) is 0 Å². The van der Waals surface area contributed by atoms with Gasteiger partial charge in [-0.25, -0.2) is 0 Å². The summed E-state index contributed by atoms with van der Waals surface area (Å²) in [4.78, 5) is 0. The predicted molar refractivity (Wildman–Crippen MR) is 94.1 cm³/mol. The van der Waals surface area contributed by atoms with Gasteiger partial charge in [-0.2, -0.15) is 10.4 Å². The largest absolute Gasteiger partial charge is 0.393 e. The maximum atomic E-state index is 10.2. The van der Waals surface area contributed by atoms with E-state index in [9.17, 15) is 10.2 Å². The van der Waals surface area contributed by atoms with Crippen LogP contribution in [0.15, 0.2) is 0 Å². The van der Waals surface area contributed by atoms with Gasteiger partial charge >= 0.3 is 0 Å². The maximum absolute atomic E-state index is 10.2. The van der Waals surface area contributed by atoms with Crippen LogP contribution in [0, 0.1) is 0 Å². The zero-order valence-electron chi connectivity index (χ0n) is 16.0. The molecule has 0 spiro atoms. The summed E-state index contributed by atoms with van der Waals surface area (Å²) in [6, 6.07) is 0. The number of rotatable bonds is 11. The van der Waals surface area contributed by atoms with Gasteiger partial charge in [0.1, 0.15) is 0 Å². The quantitative estimate of drug-likeness (QED) is 0.460. The molecule has 2 aromatic rings. The van der Waals surface area contributed by atoms with E-state index in [1.165, 1.54) is 0 Å². The molecule has 0 saturated carbocycles. The summed E-state index contributed by atoms with van der Waals surface area (Å²) in [6.45, 7) is 8.11. The number of tetrazole rings is 2. The zero-order valence-corrected chi connectivity index (χ0v) is 16.0. The van der Waals surface area contributed by atoms with E-state index < -0.39 is 12.2 Å². The number of hydrogen-bond acceptors (Lipinski definition) is 8. The first-order chi connectivity index (χ1) is 12.2. The molecule has 0 bridgehead atoms. The lowest BCUT2D eigenvalue weighted by molar-refractivity contribution is 0.0947. The van der Waals surface area contributed by atoms with Crippen LogP contribution >= 0.6 is 0 Å². The van der Waals surface area contributed by atoms with Gasteiger partial charge in [0.2, 0.25) is 0 Å². The third kappa shape index (κ3) is 5.80. The minimum atomic E-state index is -0.457. The molecule has 0 aliphatic rings. The van der Waals surface area contributed by atoms with Crippen LogP contribution in [0.5, 0.6) is 0 Å². The number of aromatic amines is 2. The Hall–Kier alpha value is -1.94. The second-order valence-corrected chi connectivity index (χ2v) is 8.20. The SMILES string of the molecule is CC(C)(CCC(O)CCC(O)CCC(C)(C)c1nn[nH]n1)c1nn[nH]n1. The Labute approximate surface area is 153 Å². The summed E-state index contributed by atoms with van der Waals surface area (Å²) in [5, 5.41) is 48.6. The number of nitrogens with one attached hydrogen (secondary N) is 2. The minimum Gasteiger partial charge on any atom is -0.393 e. The fourth-order valence-corrected chi connectivity index (χ4v) is 2.85. The average molecular weight is 366 g/mol.